The van der Waals surface area contributed by atoms with Crippen LogP contribution >= 0.6 is 0 Å². The van der Waals surface area contributed by atoms with Gasteiger partial charge in [0.15, 0.2) is 0 Å². The highest BCUT2D eigenvalue weighted by Crippen LogP contribution is 2.38. The zero-order valence-electron chi connectivity index (χ0n) is 15.9. The highest BCUT2D eigenvalue weighted by molar-refractivity contribution is 5.82. The van der Waals surface area contributed by atoms with E-state index in [4.69, 9.17) is 4.74 Å². The van der Waals surface area contributed by atoms with E-state index >= 15 is 0 Å². The van der Waals surface area contributed by atoms with Crippen molar-refractivity contribution < 1.29 is 18.3 Å². The maximum Gasteiger partial charge on any atom is 0.139 e. The number of carbonyl (C=O) groups excluding carboxylic acids is 1. The lowest BCUT2D eigenvalue weighted by Gasteiger charge is -2.38. The summed E-state index contributed by atoms with van der Waals surface area (Å²) >= 11 is 0. The fraction of sp³-hybridized carbons (Fsp3) is 0.435. The van der Waals surface area contributed by atoms with E-state index < -0.39 is 6.10 Å². The molecule has 0 aromatic heterocycles. The molecule has 2 aliphatic rings. The van der Waals surface area contributed by atoms with Crippen molar-refractivity contribution in [1.29, 1.82) is 0 Å². The van der Waals surface area contributed by atoms with Crippen LogP contribution in [-0.2, 0) is 9.53 Å². The lowest BCUT2D eigenvalue weighted by Crippen LogP contribution is -2.52. The van der Waals surface area contributed by atoms with Crippen molar-refractivity contribution >= 4 is 5.78 Å². The van der Waals surface area contributed by atoms with E-state index in [2.05, 4.69) is 5.32 Å². The van der Waals surface area contributed by atoms with Gasteiger partial charge in [0, 0.05) is 18.5 Å². The number of fused-ring (bicyclic) bond motifs is 2. The zero-order chi connectivity index (χ0) is 19.7. The molecule has 2 fully saturated rings. The van der Waals surface area contributed by atoms with Gasteiger partial charge in [0.25, 0.3) is 0 Å². The summed E-state index contributed by atoms with van der Waals surface area (Å²) in [5, 5.41) is 3.55. The van der Waals surface area contributed by atoms with Gasteiger partial charge >= 0.3 is 0 Å². The number of hydrogen-bond donors (Lipinski definition) is 1. The summed E-state index contributed by atoms with van der Waals surface area (Å²) in [6, 6.07) is 12.9. The number of carbonyl (C=O) groups is 1. The summed E-state index contributed by atoms with van der Waals surface area (Å²) in [4.78, 5) is 12.7. The highest BCUT2D eigenvalue weighted by atomic mass is 19.1. The van der Waals surface area contributed by atoms with Gasteiger partial charge in [0.1, 0.15) is 23.5 Å². The van der Waals surface area contributed by atoms with Crippen LogP contribution in [0.3, 0.4) is 0 Å². The number of ether oxygens (including phenoxy) is 1. The molecule has 148 valence electrons. The topological polar surface area (TPSA) is 38.3 Å². The molecule has 0 aliphatic carbocycles. The van der Waals surface area contributed by atoms with E-state index in [9.17, 15) is 13.6 Å². The second-order valence-corrected chi connectivity index (χ2v) is 7.79. The molecule has 4 rings (SSSR count). The Morgan fingerprint density at radius 1 is 1.04 bits per heavy atom. The molecule has 1 N–H and O–H groups in total. The first-order valence-electron chi connectivity index (χ1n) is 10.00. The number of hydrogen-bond acceptors (Lipinski definition) is 3. The molecule has 2 heterocycles. The quantitative estimate of drug-likeness (QED) is 0.792. The Morgan fingerprint density at radius 2 is 1.61 bits per heavy atom. The summed E-state index contributed by atoms with van der Waals surface area (Å²) in [6.45, 7) is 1.89. The van der Waals surface area contributed by atoms with Crippen molar-refractivity contribution in [2.24, 2.45) is 5.92 Å². The van der Waals surface area contributed by atoms with Gasteiger partial charge < -0.3 is 10.1 Å². The van der Waals surface area contributed by atoms with Crippen LogP contribution in [0, 0.1) is 17.6 Å². The largest absolute Gasteiger partial charge is 0.365 e. The van der Waals surface area contributed by atoms with Crippen molar-refractivity contribution in [3.05, 3.63) is 71.3 Å². The van der Waals surface area contributed by atoms with Gasteiger partial charge in [0.2, 0.25) is 0 Å². The Kier molecular flexibility index (Phi) is 5.56. The standard InChI is InChI=1S/C23H25F2NO2/c1-2-20(27)22-19-12-11-18(26-19)13-21(22)28-23(14-3-7-16(24)8-4-14)15-5-9-17(25)10-6-15/h3-10,18-19,21-23,26H,2,11-13H2,1H3. The van der Waals surface area contributed by atoms with Crippen molar-refractivity contribution in [1.82, 2.24) is 5.32 Å². The lowest BCUT2D eigenvalue weighted by molar-refractivity contribution is -0.133. The molecular weight excluding hydrogens is 360 g/mol. The van der Waals surface area contributed by atoms with Gasteiger partial charge in [-0.25, -0.2) is 8.78 Å². The summed E-state index contributed by atoms with van der Waals surface area (Å²) in [6.07, 6.45) is 2.59. The molecule has 0 amide bonds. The molecule has 2 saturated heterocycles. The molecule has 5 heteroatoms. The second kappa shape index (κ2) is 8.10. The zero-order valence-corrected chi connectivity index (χ0v) is 15.9. The Balaban J connectivity index is 1.67. The van der Waals surface area contributed by atoms with E-state index in [1.54, 1.807) is 24.3 Å². The van der Waals surface area contributed by atoms with E-state index in [0.29, 0.717) is 12.5 Å². The fourth-order valence-corrected chi connectivity index (χ4v) is 4.61. The van der Waals surface area contributed by atoms with E-state index in [-0.39, 0.29) is 35.5 Å². The molecule has 0 radical (unpaired) electrons. The number of Topliss-reactive ketones (excluding diaryl/α,β-unsaturated/α-hetero) is 1. The molecule has 0 spiro atoms. The van der Waals surface area contributed by atoms with Crippen LogP contribution in [0.4, 0.5) is 8.78 Å². The first-order valence-corrected chi connectivity index (χ1v) is 10.00. The summed E-state index contributed by atoms with van der Waals surface area (Å²) < 4.78 is 33.4. The van der Waals surface area contributed by atoms with Gasteiger partial charge in [-0.05, 0) is 54.7 Å². The lowest BCUT2D eigenvalue weighted by atomic mass is 9.84. The molecule has 3 nitrogen and oxygen atoms in total. The fourth-order valence-electron chi connectivity index (χ4n) is 4.61. The average molecular weight is 385 g/mol. The number of ketones is 1. The summed E-state index contributed by atoms with van der Waals surface area (Å²) in [5.74, 6) is -0.618. The molecule has 4 unspecified atom stereocenters. The molecule has 2 bridgehead atoms. The molecule has 28 heavy (non-hydrogen) atoms. The number of piperidine rings is 1. The first-order chi connectivity index (χ1) is 13.5. The highest BCUT2D eigenvalue weighted by Gasteiger charge is 2.45. The van der Waals surface area contributed by atoms with Crippen LogP contribution in [0.2, 0.25) is 0 Å². The van der Waals surface area contributed by atoms with Gasteiger partial charge in [-0.1, -0.05) is 31.2 Å². The number of nitrogens with one attached hydrogen (secondary N) is 1. The van der Waals surface area contributed by atoms with Gasteiger partial charge in [-0.3, -0.25) is 4.79 Å². The first kappa shape index (κ1) is 19.2. The van der Waals surface area contributed by atoms with Crippen molar-refractivity contribution in [3.8, 4) is 0 Å². The van der Waals surface area contributed by atoms with Crippen LogP contribution in [0.25, 0.3) is 0 Å². The minimum Gasteiger partial charge on any atom is -0.365 e. The third-order valence-electron chi connectivity index (χ3n) is 6.00. The van der Waals surface area contributed by atoms with Crippen molar-refractivity contribution in [2.45, 2.75) is 56.9 Å². The molecule has 2 aliphatic heterocycles. The molecule has 4 atom stereocenters. The average Bonchev–Trinajstić information content (AvgIpc) is 3.08. The molecule has 0 saturated carbocycles. The van der Waals surface area contributed by atoms with E-state index in [1.165, 1.54) is 24.3 Å². The van der Waals surface area contributed by atoms with Crippen LogP contribution in [0.15, 0.2) is 48.5 Å². The maximum atomic E-state index is 13.4. The monoisotopic (exact) mass is 385 g/mol. The summed E-state index contributed by atoms with van der Waals surface area (Å²) in [5.41, 5.74) is 1.59. The van der Waals surface area contributed by atoms with Crippen LogP contribution < -0.4 is 5.32 Å². The van der Waals surface area contributed by atoms with Crippen molar-refractivity contribution in [3.63, 3.8) is 0 Å². The number of halogens is 2. The predicted molar refractivity (Wildman–Crippen MR) is 103 cm³/mol. The third kappa shape index (κ3) is 3.87. The summed E-state index contributed by atoms with van der Waals surface area (Å²) in [7, 11) is 0. The molecule has 2 aromatic carbocycles. The predicted octanol–water partition coefficient (Wildman–Crippen LogP) is 4.56. The van der Waals surface area contributed by atoms with Gasteiger partial charge in [-0.15, -0.1) is 0 Å². The van der Waals surface area contributed by atoms with E-state index in [0.717, 1.165) is 30.4 Å². The maximum absolute atomic E-state index is 13.4. The molecule has 2 aromatic rings. The number of rotatable bonds is 6. The van der Waals surface area contributed by atoms with Crippen molar-refractivity contribution in [2.75, 3.05) is 0 Å². The second-order valence-electron chi connectivity index (χ2n) is 7.79. The Morgan fingerprint density at radius 3 is 2.14 bits per heavy atom. The number of benzene rings is 2. The smallest absolute Gasteiger partial charge is 0.139 e. The SMILES string of the molecule is CCC(=O)C1C2CCC(CC1OC(c1ccc(F)cc1)c1ccc(F)cc1)N2. The molecular formula is C23H25F2NO2. The normalized spacial score (nSPS) is 26.6. The minimum absolute atomic E-state index is 0.151. The van der Waals surface area contributed by atoms with Gasteiger partial charge in [-0.2, -0.15) is 0 Å². The van der Waals surface area contributed by atoms with Gasteiger partial charge in [0.05, 0.1) is 12.0 Å². The Bertz CT molecular complexity index is 776. The minimum atomic E-state index is -0.476. The van der Waals surface area contributed by atoms with Crippen LogP contribution in [0.1, 0.15) is 49.8 Å². The van der Waals surface area contributed by atoms with E-state index in [1.807, 2.05) is 6.92 Å². The Labute approximate surface area is 164 Å². The van der Waals surface area contributed by atoms with Crippen LogP contribution in [0.5, 0.6) is 0 Å². The Hall–Kier alpha value is -2.11. The third-order valence-corrected chi connectivity index (χ3v) is 6.00. The van der Waals surface area contributed by atoms with Crippen LogP contribution in [-0.4, -0.2) is 24.0 Å².